The van der Waals surface area contributed by atoms with E-state index in [1.807, 2.05) is 0 Å². The average molecular weight is 274 g/mol. The number of fused-ring (bicyclic) bond motifs is 3. The van der Waals surface area contributed by atoms with Crippen molar-refractivity contribution in [2.24, 2.45) is 0 Å². The third-order valence-corrected chi connectivity index (χ3v) is 3.29. The summed E-state index contributed by atoms with van der Waals surface area (Å²) in [5.41, 5.74) is 1.74. The number of hydrogen-bond donors (Lipinski definition) is 2. The van der Waals surface area contributed by atoms with E-state index < -0.39 is 24.0 Å². The quantitative estimate of drug-likeness (QED) is 0.882. The highest BCUT2D eigenvalue weighted by Crippen LogP contribution is 2.43. The second kappa shape index (κ2) is 4.61. The Morgan fingerprint density at radius 3 is 2.70 bits per heavy atom. The van der Waals surface area contributed by atoms with Gasteiger partial charge >= 0.3 is 5.97 Å². The largest absolute Gasteiger partial charge is 0.482 e. The molecule has 0 fully saturated rings. The van der Waals surface area contributed by atoms with E-state index in [2.05, 4.69) is 0 Å². The van der Waals surface area contributed by atoms with Crippen LogP contribution >= 0.6 is 0 Å². The lowest BCUT2D eigenvalue weighted by Crippen LogP contribution is -2.33. The van der Waals surface area contributed by atoms with Crippen LogP contribution in [-0.4, -0.2) is 22.3 Å². The number of halogens is 1. The second-order valence-corrected chi connectivity index (χ2v) is 4.55. The summed E-state index contributed by atoms with van der Waals surface area (Å²) in [7, 11) is 0. The molecule has 20 heavy (non-hydrogen) atoms. The molecule has 0 saturated carbocycles. The van der Waals surface area contributed by atoms with Gasteiger partial charge in [-0.1, -0.05) is 24.3 Å². The molecular formula is C15H11FO4. The van der Waals surface area contributed by atoms with Gasteiger partial charge in [0.2, 0.25) is 0 Å². The number of hydrogen-bond acceptors (Lipinski definition) is 3. The first-order valence-corrected chi connectivity index (χ1v) is 6.04. The Bertz CT molecular complexity index is 683. The van der Waals surface area contributed by atoms with Gasteiger partial charge in [-0.25, -0.2) is 9.18 Å². The predicted octanol–water partition coefficient (Wildman–Crippen LogP) is 2.37. The number of benzene rings is 2. The van der Waals surface area contributed by atoms with E-state index in [1.165, 1.54) is 18.2 Å². The Balaban J connectivity index is 2.18. The van der Waals surface area contributed by atoms with Crippen molar-refractivity contribution < 1.29 is 24.1 Å². The van der Waals surface area contributed by atoms with Crippen LogP contribution in [0.2, 0.25) is 0 Å². The van der Waals surface area contributed by atoms with Crippen LogP contribution in [-0.2, 0) is 4.79 Å². The summed E-state index contributed by atoms with van der Waals surface area (Å²) in [6.45, 7) is 0. The van der Waals surface area contributed by atoms with E-state index in [0.717, 1.165) is 0 Å². The van der Waals surface area contributed by atoms with Crippen LogP contribution in [0, 0.1) is 5.82 Å². The summed E-state index contributed by atoms with van der Waals surface area (Å²) in [6.07, 6.45) is -2.70. The maximum absolute atomic E-state index is 13.4. The van der Waals surface area contributed by atoms with Gasteiger partial charge in [0.15, 0.2) is 12.2 Å². The zero-order valence-electron chi connectivity index (χ0n) is 10.3. The van der Waals surface area contributed by atoms with Gasteiger partial charge in [-0.05, 0) is 23.8 Å². The molecule has 1 aliphatic heterocycles. The lowest BCUT2D eigenvalue weighted by molar-refractivity contribution is -0.152. The lowest BCUT2D eigenvalue weighted by Gasteiger charge is -2.30. The number of carbonyl (C=O) groups is 1. The minimum absolute atomic E-state index is 0.357. The molecule has 2 atom stereocenters. The molecule has 5 heteroatoms. The minimum atomic E-state index is -1.69. The first-order valence-electron chi connectivity index (χ1n) is 6.04. The normalized spacial score (nSPS) is 17.6. The first-order chi connectivity index (χ1) is 9.58. The number of carboxylic acid groups (broad SMARTS) is 1. The number of ether oxygens (including phenoxy) is 1. The van der Waals surface area contributed by atoms with E-state index in [-0.39, 0.29) is 0 Å². The minimum Gasteiger partial charge on any atom is -0.482 e. The summed E-state index contributed by atoms with van der Waals surface area (Å²) in [5.74, 6) is -1.41. The fraction of sp³-hybridized carbons (Fsp3) is 0.133. The molecule has 0 radical (unpaired) electrons. The number of carboxylic acids is 1. The second-order valence-electron chi connectivity index (χ2n) is 4.55. The summed E-state index contributed by atoms with van der Waals surface area (Å²) < 4.78 is 18.9. The van der Waals surface area contributed by atoms with Crippen LogP contribution in [0.25, 0.3) is 11.1 Å². The highest BCUT2D eigenvalue weighted by molar-refractivity contribution is 5.79. The topological polar surface area (TPSA) is 66.8 Å². The Labute approximate surface area is 114 Å². The highest BCUT2D eigenvalue weighted by atomic mass is 19.1. The fourth-order valence-electron chi connectivity index (χ4n) is 2.37. The van der Waals surface area contributed by atoms with Gasteiger partial charge in [0.1, 0.15) is 11.6 Å². The van der Waals surface area contributed by atoms with Crippen molar-refractivity contribution in [2.75, 3.05) is 0 Å². The molecule has 2 aromatic rings. The molecule has 2 N–H and O–H groups in total. The van der Waals surface area contributed by atoms with Crippen LogP contribution < -0.4 is 4.74 Å². The Hall–Kier alpha value is -2.40. The number of aliphatic hydroxyl groups is 1. The predicted molar refractivity (Wildman–Crippen MR) is 68.8 cm³/mol. The molecule has 0 spiro atoms. The third-order valence-electron chi connectivity index (χ3n) is 3.29. The molecule has 2 aromatic carbocycles. The molecule has 4 nitrogen and oxygen atoms in total. The van der Waals surface area contributed by atoms with Crippen molar-refractivity contribution in [3.63, 3.8) is 0 Å². The zero-order chi connectivity index (χ0) is 14.3. The SMILES string of the molecule is O=C(O)C(O)C1Oc2ccc(F)cc2-c2ccccc21. The van der Waals surface area contributed by atoms with Crippen LogP contribution in [0.15, 0.2) is 42.5 Å². The molecule has 0 bridgehead atoms. The summed E-state index contributed by atoms with van der Waals surface area (Å²) in [4.78, 5) is 11.0. The lowest BCUT2D eigenvalue weighted by atomic mass is 9.90. The molecule has 2 unspecified atom stereocenters. The molecule has 0 amide bonds. The van der Waals surface area contributed by atoms with E-state index >= 15 is 0 Å². The first kappa shape index (κ1) is 12.6. The maximum Gasteiger partial charge on any atom is 0.336 e. The van der Waals surface area contributed by atoms with E-state index in [0.29, 0.717) is 22.4 Å². The Morgan fingerprint density at radius 2 is 1.95 bits per heavy atom. The summed E-state index contributed by atoms with van der Waals surface area (Å²) in [5, 5.41) is 18.7. The molecule has 3 rings (SSSR count). The van der Waals surface area contributed by atoms with Gasteiger partial charge in [0.05, 0.1) is 0 Å². The maximum atomic E-state index is 13.4. The monoisotopic (exact) mass is 274 g/mol. The molecular weight excluding hydrogens is 263 g/mol. The van der Waals surface area contributed by atoms with E-state index in [9.17, 15) is 14.3 Å². The summed E-state index contributed by atoms with van der Waals surface area (Å²) in [6, 6.07) is 10.9. The number of rotatable bonds is 2. The number of aliphatic carboxylic acids is 1. The van der Waals surface area contributed by atoms with Crippen LogP contribution in [0.1, 0.15) is 11.7 Å². The van der Waals surface area contributed by atoms with Crippen LogP contribution in [0.3, 0.4) is 0 Å². The molecule has 1 aliphatic rings. The van der Waals surface area contributed by atoms with Gasteiger partial charge < -0.3 is 14.9 Å². The zero-order valence-corrected chi connectivity index (χ0v) is 10.3. The molecule has 0 saturated heterocycles. The van der Waals surface area contributed by atoms with Crippen LogP contribution in [0.4, 0.5) is 4.39 Å². The molecule has 1 heterocycles. The van der Waals surface area contributed by atoms with Crippen molar-refractivity contribution in [2.45, 2.75) is 12.2 Å². The standard InChI is InChI=1S/C15H11FO4/c16-8-5-6-12-11(7-8)9-3-1-2-4-10(9)14(20-12)13(17)15(18)19/h1-7,13-14,17H,(H,18,19). The van der Waals surface area contributed by atoms with Crippen LogP contribution in [0.5, 0.6) is 5.75 Å². The molecule has 0 aliphatic carbocycles. The average Bonchev–Trinajstić information content (AvgIpc) is 2.45. The molecule has 102 valence electrons. The van der Waals surface area contributed by atoms with Crippen molar-refractivity contribution in [1.29, 1.82) is 0 Å². The smallest absolute Gasteiger partial charge is 0.336 e. The van der Waals surface area contributed by atoms with Gasteiger partial charge in [0.25, 0.3) is 0 Å². The van der Waals surface area contributed by atoms with Gasteiger partial charge in [-0.2, -0.15) is 0 Å². The van der Waals surface area contributed by atoms with Gasteiger partial charge in [-0.3, -0.25) is 0 Å². The Kier molecular flexibility index (Phi) is 2.91. The number of aliphatic hydroxyl groups excluding tert-OH is 1. The highest BCUT2D eigenvalue weighted by Gasteiger charge is 2.35. The van der Waals surface area contributed by atoms with Gasteiger partial charge in [-0.15, -0.1) is 0 Å². The third kappa shape index (κ3) is 1.92. The Morgan fingerprint density at radius 1 is 1.20 bits per heavy atom. The van der Waals surface area contributed by atoms with E-state index in [4.69, 9.17) is 9.84 Å². The fourth-order valence-corrected chi connectivity index (χ4v) is 2.37. The summed E-state index contributed by atoms with van der Waals surface area (Å²) >= 11 is 0. The van der Waals surface area contributed by atoms with Gasteiger partial charge in [0, 0.05) is 11.1 Å². The van der Waals surface area contributed by atoms with Crippen molar-refractivity contribution in [3.05, 3.63) is 53.8 Å². The molecule has 0 aromatic heterocycles. The van der Waals surface area contributed by atoms with Crippen molar-refractivity contribution in [1.82, 2.24) is 0 Å². The van der Waals surface area contributed by atoms with Crippen molar-refractivity contribution >= 4 is 5.97 Å². The van der Waals surface area contributed by atoms with E-state index in [1.54, 1.807) is 24.3 Å². The van der Waals surface area contributed by atoms with Crippen molar-refractivity contribution in [3.8, 4) is 16.9 Å².